The number of aliphatic hydroxyl groups excluding tert-OH is 1. The summed E-state index contributed by atoms with van der Waals surface area (Å²) in [6.45, 7) is 20.7. The van der Waals surface area contributed by atoms with E-state index in [-0.39, 0.29) is 19.2 Å². The van der Waals surface area contributed by atoms with E-state index in [9.17, 15) is 4.79 Å². The van der Waals surface area contributed by atoms with Crippen LogP contribution in [-0.2, 0) is 99.5 Å². The van der Waals surface area contributed by atoms with Gasteiger partial charge in [-0.3, -0.25) is 4.79 Å². The van der Waals surface area contributed by atoms with Crippen LogP contribution >= 0.6 is 0 Å². The van der Waals surface area contributed by atoms with Crippen molar-refractivity contribution in [2.75, 3.05) is 264 Å². The molecule has 478 valence electrons. The molecule has 0 aliphatic rings. The third-order valence-corrected chi connectivity index (χ3v) is 11.1. The molecule has 1 N–H and O–H groups in total. The van der Waals surface area contributed by atoms with Crippen molar-refractivity contribution in [3.63, 3.8) is 0 Å². The minimum atomic E-state index is -0.147. The van der Waals surface area contributed by atoms with Crippen molar-refractivity contribution in [2.45, 2.75) is 96.8 Å². The monoisotopic (exact) mass is 1160 g/mol. The van der Waals surface area contributed by atoms with Gasteiger partial charge in [0, 0.05) is 6.42 Å². The Balaban J connectivity index is 3.13. The molecule has 80 heavy (non-hydrogen) atoms. The molecule has 0 saturated heterocycles. The Labute approximate surface area is 482 Å². The first-order chi connectivity index (χ1) is 39.8. The summed E-state index contributed by atoms with van der Waals surface area (Å²) >= 11 is 0. The van der Waals surface area contributed by atoms with Crippen molar-refractivity contribution < 1.29 is 105 Å². The first kappa shape index (κ1) is 78.4. The van der Waals surface area contributed by atoms with Gasteiger partial charge < -0.3 is 99.8 Å². The van der Waals surface area contributed by atoms with E-state index in [1.165, 1.54) is 70.6 Å². The Bertz CT molecular complexity index is 1150. The van der Waals surface area contributed by atoms with Gasteiger partial charge in [0.15, 0.2) is 0 Å². The molecule has 0 aliphatic carbocycles. The average Bonchev–Trinajstić information content (AvgIpc) is 3.46. The van der Waals surface area contributed by atoms with Crippen LogP contribution in [0.3, 0.4) is 0 Å². The van der Waals surface area contributed by atoms with E-state index in [1.54, 1.807) is 0 Å². The summed E-state index contributed by atoms with van der Waals surface area (Å²) in [4.78, 5) is 11.9. The topological polar surface area (TPSA) is 222 Å². The number of allylic oxidation sites excluding steroid dienone is 2. The molecule has 0 amide bonds. The number of esters is 1. The minimum absolute atomic E-state index is 0.0185. The normalized spacial score (nSPS) is 11.8. The minimum Gasteiger partial charge on any atom is -0.463 e. The lowest BCUT2D eigenvalue weighted by Gasteiger charge is -2.09. The standard InChI is InChI=1S/C58H114O22/c1-2-3-4-5-6-7-8-9-10-11-12-13-14-15-16-17-58(60)80-57-56-79-55-54-78-53-52-77-51-50-76-49-48-75-47-46-74-45-44-73-43-42-72-41-40-71-39-38-70-37-36-69-35-34-68-33-32-67-31-30-66-29-28-65-27-26-64-25-24-63-23-22-62-21-20-61-19-18-59/h9-10,59H,2-8,11-57H2,1H3/b10-9-. The van der Waals surface area contributed by atoms with Crippen molar-refractivity contribution in [3.05, 3.63) is 12.2 Å². The zero-order chi connectivity index (χ0) is 57.3. The van der Waals surface area contributed by atoms with Crippen LogP contribution in [0.5, 0.6) is 0 Å². The van der Waals surface area contributed by atoms with Crippen LogP contribution in [0.25, 0.3) is 0 Å². The summed E-state index contributed by atoms with van der Waals surface area (Å²) in [6.07, 6.45) is 21.3. The van der Waals surface area contributed by atoms with E-state index in [0.29, 0.717) is 257 Å². The molecule has 0 spiro atoms. The Kier molecular flexibility index (Phi) is 73.9. The fourth-order valence-corrected chi connectivity index (χ4v) is 6.75. The Morgan fingerprint density at radius 3 is 0.662 bits per heavy atom. The Morgan fingerprint density at radius 2 is 0.438 bits per heavy atom. The molecule has 0 bridgehead atoms. The van der Waals surface area contributed by atoms with Gasteiger partial charge in [-0.15, -0.1) is 0 Å². The molecular formula is C58H114O22. The van der Waals surface area contributed by atoms with Gasteiger partial charge in [0.2, 0.25) is 0 Å². The fraction of sp³-hybridized carbons (Fsp3) is 0.948. The second-order valence-electron chi connectivity index (χ2n) is 17.9. The second kappa shape index (κ2) is 75.4. The van der Waals surface area contributed by atoms with Crippen molar-refractivity contribution in [2.24, 2.45) is 0 Å². The maximum Gasteiger partial charge on any atom is 0.305 e. The van der Waals surface area contributed by atoms with Gasteiger partial charge in [-0.25, -0.2) is 0 Å². The van der Waals surface area contributed by atoms with Crippen LogP contribution in [0.2, 0.25) is 0 Å². The number of aliphatic hydroxyl groups is 1. The molecule has 0 fully saturated rings. The highest BCUT2D eigenvalue weighted by molar-refractivity contribution is 5.69. The summed E-state index contributed by atoms with van der Waals surface area (Å²) in [5, 5.41) is 8.61. The maximum atomic E-state index is 11.9. The molecule has 0 aliphatic heterocycles. The van der Waals surface area contributed by atoms with E-state index in [2.05, 4.69) is 19.1 Å². The van der Waals surface area contributed by atoms with Crippen LogP contribution in [0, 0.1) is 0 Å². The Morgan fingerprint density at radius 1 is 0.250 bits per heavy atom. The van der Waals surface area contributed by atoms with Crippen LogP contribution < -0.4 is 0 Å². The van der Waals surface area contributed by atoms with Gasteiger partial charge in [-0.2, -0.15) is 0 Å². The lowest BCUT2D eigenvalue weighted by Crippen LogP contribution is -2.16. The predicted octanol–water partition coefficient (Wildman–Crippen LogP) is 5.87. The molecule has 22 nitrogen and oxygen atoms in total. The van der Waals surface area contributed by atoms with Crippen LogP contribution in [0.1, 0.15) is 96.8 Å². The van der Waals surface area contributed by atoms with Gasteiger partial charge in [-0.1, -0.05) is 70.4 Å². The van der Waals surface area contributed by atoms with Crippen LogP contribution in [0.15, 0.2) is 12.2 Å². The van der Waals surface area contributed by atoms with Crippen LogP contribution in [-0.4, -0.2) is 275 Å². The van der Waals surface area contributed by atoms with E-state index < -0.39 is 0 Å². The molecule has 0 atom stereocenters. The molecule has 22 heteroatoms. The van der Waals surface area contributed by atoms with E-state index in [4.69, 9.17) is 99.8 Å². The third kappa shape index (κ3) is 74.4. The molecule has 0 saturated carbocycles. The summed E-state index contributed by atoms with van der Waals surface area (Å²) in [5.74, 6) is -0.147. The van der Waals surface area contributed by atoms with E-state index in [0.717, 1.165) is 12.8 Å². The molecule has 0 rings (SSSR count). The summed E-state index contributed by atoms with van der Waals surface area (Å²) < 4.78 is 109. The van der Waals surface area contributed by atoms with Gasteiger partial charge in [0.25, 0.3) is 0 Å². The lowest BCUT2D eigenvalue weighted by molar-refractivity contribution is -0.145. The van der Waals surface area contributed by atoms with Crippen molar-refractivity contribution in [3.8, 4) is 0 Å². The molecule has 0 heterocycles. The first-order valence-electron chi connectivity index (χ1n) is 30.2. The van der Waals surface area contributed by atoms with Crippen molar-refractivity contribution in [1.29, 1.82) is 0 Å². The average molecular weight is 1160 g/mol. The number of hydrogen-bond acceptors (Lipinski definition) is 22. The molecule has 0 aromatic carbocycles. The number of carbonyl (C=O) groups is 1. The zero-order valence-electron chi connectivity index (χ0n) is 49.9. The molecule has 0 unspecified atom stereocenters. The largest absolute Gasteiger partial charge is 0.463 e. The highest BCUT2D eigenvalue weighted by Crippen LogP contribution is 2.10. The summed E-state index contributed by atoms with van der Waals surface area (Å²) in [6, 6.07) is 0. The van der Waals surface area contributed by atoms with E-state index >= 15 is 0 Å². The molecular weight excluding hydrogens is 1050 g/mol. The van der Waals surface area contributed by atoms with Crippen LogP contribution in [0.4, 0.5) is 0 Å². The van der Waals surface area contributed by atoms with Crippen molar-refractivity contribution >= 4 is 5.97 Å². The van der Waals surface area contributed by atoms with Gasteiger partial charge in [0.05, 0.1) is 258 Å². The highest BCUT2D eigenvalue weighted by atomic mass is 16.6. The van der Waals surface area contributed by atoms with Gasteiger partial charge in [0.1, 0.15) is 6.61 Å². The highest BCUT2D eigenvalue weighted by Gasteiger charge is 2.04. The van der Waals surface area contributed by atoms with Gasteiger partial charge in [-0.05, 0) is 32.1 Å². The number of hydrogen-bond donors (Lipinski definition) is 1. The number of unbranched alkanes of at least 4 members (excludes halogenated alkanes) is 11. The SMILES string of the molecule is CCCCCCCC/C=C\CCCCCCCC(=O)OCCOCCOCCOCCOCCOCCOCCOCCOCCOCCOCCOCCOCCOCCOCCOCCOCCOCCOCCOCCO. The molecule has 0 aromatic heterocycles. The third-order valence-electron chi connectivity index (χ3n) is 11.1. The molecule has 0 radical (unpaired) electrons. The summed E-state index contributed by atoms with van der Waals surface area (Å²) in [7, 11) is 0. The predicted molar refractivity (Wildman–Crippen MR) is 303 cm³/mol. The zero-order valence-corrected chi connectivity index (χ0v) is 49.9. The number of ether oxygens (including phenoxy) is 20. The second-order valence-corrected chi connectivity index (χ2v) is 17.9. The maximum absolute atomic E-state index is 11.9. The quantitative estimate of drug-likeness (QED) is 0.0427. The van der Waals surface area contributed by atoms with E-state index in [1.807, 2.05) is 0 Å². The lowest BCUT2D eigenvalue weighted by atomic mass is 10.1. The van der Waals surface area contributed by atoms with Crippen molar-refractivity contribution in [1.82, 2.24) is 0 Å². The molecule has 0 aromatic rings. The number of carbonyl (C=O) groups excluding carboxylic acids is 1. The van der Waals surface area contributed by atoms with Gasteiger partial charge >= 0.3 is 5.97 Å². The number of rotatable bonds is 74. The Hall–Kier alpha value is -1.59. The fourth-order valence-electron chi connectivity index (χ4n) is 6.75. The first-order valence-corrected chi connectivity index (χ1v) is 30.2. The smallest absolute Gasteiger partial charge is 0.305 e. The summed E-state index contributed by atoms with van der Waals surface area (Å²) in [5.41, 5.74) is 0.